The Bertz CT molecular complexity index is 1200. The molecule has 10 heteroatoms. The Morgan fingerprint density at radius 3 is 2.45 bits per heavy atom. The van der Waals surface area contributed by atoms with Crippen molar-refractivity contribution in [2.24, 2.45) is 0 Å². The number of benzene rings is 2. The van der Waals surface area contributed by atoms with Gasteiger partial charge in [0.15, 0.2) is 5.43 Å². The molecule has 3 aromatic rings. The average molecular weight is 458 g/mol. The second-order valence-electron chi connectivity index (χ2n) is 7.62. The molecule has 5 unspecified atom stereocenters. The first-order valence-electron chi connectivity index (χ1n) is 10.1. The highest BCUT2D eigenvalue weighted by Crippen LogP contribution is 2.28. The molecular weight excluding hydrogens is 436 g/mol. The van der Waals surface area contributed by atoms with Crippen molar-refractivity contribution in [2.75, 3.05) is 6.61 Å². The Balaban J connectivity index is 1.57. The number of hydrogen-bond acceptors (Lipinski definition) is 10. The summed E-state index contributed by atoms with van der Waals surface area (Å²) < 4.78 is 21.5. The van der Waals surface area contributed by atoms with E-state index in [2.05, 4.69) is 0 Å². The van der Waals surface area contributed by atoms with Crippen molar-refractivity contribution in [3.63, 3.8) is 0 Å². The van der Waals surface area contributed by atoms with Crippen molar-refractivity contribution in [2.45, 2.75) is 37.6 Å². The van der Waals surface area contributed by atoms with Crippen molar-refractivity contribution in [1.29, 1.82) is 0 Å². The summed E-state index contributed by atoms with van der Waals surface area (Å²) >= 11 is 0. The lowest BCUT2D eigenvalue weighted by molar-refractivity contribution is -0.278. The fourth-order valence-electron chi connectivity index (χ4n) is 3.51. The van der Waals surface area contributed by atoms with Crippen LogP contribution in [0.2, 0.25) is 0 Å². The molecule has 174 valence electrons. The molecular formula is C23H22O10. The second-order valence-corrected chi connectivity index (χ2v) is 7.62. The van der Waals surface area contributed by atoms with Gasteiger partial charge in [-0.3, -0.25) is 9.59 Å². The fraction of sp³-hybridized carbons (Fsp3) is 0.304. The highest BCUT2D eigenvalue weighted by Gasteiger charge is 2.45. The molecule has 2 aromatic carbocycles. The topological polar surface area (TPSA) is 156 Å². The lowest BCUT2D eigenvalue weighted by atomic mass is 9.99. The van der Waals surface area contributed by atoms with Gasteiger partial charge in [0.25, 0.3) is 0 Å². The fourth-order valence-corrected chi connectivity index (χ4v) is 3.51. The molecule has 1 fully saturated rings. The van der Waals surface area contributed by atoms with Gasteiger partial charge >= 0.3 is 5.97 Å². The normalized spacial score (nSPS) is 25.0. The van der Waals surface area contributed by atoms with Crippen LogP contribution in [0.1, 0.15) is 6.92 Å². The van der Waals surface area contributed by atoms with E-state index in [9.17, 15) is 30.0 Å². The first-order valence-corrected chi connectivity index (χ1v) is 10.1. The third-order valence-corrected chi connectivity index (χ3v) is 5.30. The molecule has 0 radical (unpaired) electrons. The van der Waals surface area contributed by atoms with Crippen LogP contribution in [0, 0.1) is 0 Å². The molecule has 1 aliphatic rings. The Morgan fingerprint density at radius 2 is 1.76 bits per heavy atom. The number of aliphatic hydroxyl groups is 3. The largest absolute Gasteiger partial charge is 0.508 e. The van der Waals surface area contributed by atoms with Gasteiger partial charge in [0.1, 0.15) is 54.4 Å². The van der Waals surface area contributed by atoms with Crippen molar-refractivity contribution >= 4 is 16.9 Å². The minimum atomic E-state index is -1.60. The van der Waals surface area contributed by atoms with Crippen LogP contribution in [0.5, 0.6) is 11.5 Å². The summed E-state index contributed by atoms with van der Waals surface area (Å²) in [6, 6.07) is 10.5. The number of carbonyl (C=O) groups excluding carboxylic acids is 1. The van der Waals surface area contributed by atoms with Gasteiger partial charge in [-0.2, -0.15) is 0 Å². The number of hydrogen-bond donors (Lipinski definition) is 4. The molecule has 1 saturated heterocycles. The molecule has 0 bridgehead atoms. The summed E-state index contributed by atoms with van der Waals surface area (Å²) in [5, 5.41) is 40.1. The second kappa shape index (κ2) is 9.20. The predicted octanol–water partition coefficient (Wildman–Crippen LogP) is 0.915. The van der Waals surface area contributed by atoms with Crippen molar-refractivity contribution in [3.05, 3.63) is 59.0 Å². The molecule has 1 aliphatic heterocycles. The zero-order chi connectivity index (χ0) is 23.7. The van der Waals surface area contributed by atoms with E-state index in [4.69, 9.17) is 18.6 Å². The van der Waals surface area contributed by atoms with E-state index in [1.807, 2.05) is 0 Å². The lowest BCUT2D eigenvalue weighted by Gasteiger charge is -2.39. The minimum Gasteiger partial charge on any atom is -0.508 e. The maximum atomic E-state index is 12.9. The minimum absolute atomic E-state index is 0.0746. The van der Waals surface area contributed by atoms with Crippen LogP contribution in [-0.2, 0) is 14.3 Å². The number of ether oxygens (including phenoxy) is 3. The van der Waals surface area contributed by atoms with Gasteiger partial charge in [-0.15, -0.1) is 0 Å². The molecule has 4 rings (SSSR count). The van der Waals surface area contributed by atoms with E-state index in [0.29, 0.717) is 11.1 Å². The smallest absolute Gasteiger partial charge is 0.302 e. The molecule has 2 heterocycles. The first-order chi connectivity index (χ1) is 15.7. The Hall–Kier alpha value is -3.44. The molecule has 4 N–H and O–H groups in total. The number of rotatable bonds is 5. The van der Waals surface area contributed by atoms with Gasteiger partial charge in [-0.25, -0.2) is 0 Å². The molecule has 33 heavy (non-hydrogen) atoms. The first kappa shape index (κ1) is 22.7. The van der Waals surface area contributed by atoms with E-state index in [0.717, 1.165) is 0 Å². The standard InChI is InChI=1S/C23H22O10/c1-11(24)30-10-18-20(27)21(28)22(29)23(33-18)32-14-6-7-15-17(8-14)31-9-16(19(15)26)12-2-4-13(25)5-3-12/h2-9,18,20-23,25,27-29H,10H2,1H3. The number of aliphatic hydroxyl groups excluding tert-OH is 3. The number of phenolic OH excluding ortho intramolecular Hbond substituents is 1. The van der Waals surface area contributed by atoms with E-state index in [1.165, 1.54) is 43.5 Å². The summed E-state index contributed by atoms with van der Waals surface area (Å²) in [6.45, 7) is 0.844. The maximum Gasteiger partial charge on any atom is 0.302 e. The molecule has 0 amide bonds. The average Bonchev–Trinajstić information content (AvgIpc) is 2.79. The Morgan fingerprint density at radius 1 is 1.03 bits per heavy atom. The lowest BCUT2D eigenvalue weighted by Crippen LogP contribution is -2.60. The van der Waals surface area contributed by atoms with Crippen LogP contribution < -0.4 is 10.2 Å². The van der Waals surface area contributed by atoms with Crippen LogP contribution in [0.15, 0.2) is 57.9 Å². The van der Waals surface area contributed by atoms with Crippen LogP contribution in [-0.4, -0.2) is 63.7 Å². The molecule has 10 nitrogen and oxygen atoms in total. The molecule has 1 aromatic heterocycles. The zero-order valence-corrected chi connectivity index (χ0v) is 17.5. The van der Waals surface area contributed by atoms with E-state index < -0.39 is 36.7 Å². The zero-order valence-electron chi connectivity index (χ0n) is 17.5. The Kier molecular flexibility index (Phi) is 6.34. The van der Waals surface area contributed by atoms with Gasteiger partial charge in [0.05, 0.1) is 10.9 Å². The highest BCUT2D eigenvalue weighted by molar-refractivity contribution is 5.82. The third-order valence-electron chi connectivity index (χ3n) is 5.30. The quantitative estimate of drug-likeness (QED) is 0.405. The van der Waals surface area contributed by atoms with E-state index >= 15 is 0 Å². The summed E-state index contributed by atoms with van der Waals surface area (Å²) in [5.41, 5.74) is 0.811. The number of phenols is 1. The van der Waals surface area contributed by atoms with Gasteiger partial charge in [0.2, 0.25) is 6.29 Å². The van der Waals surface area contributed by atoms with Crippen molar-refractivity contribution in [1.82, 2.24) is 0 Å². The van der Waals surface area contributed by atoms with E-state index in [1.54, 1.807) is 12.1 Å². The Labute approximate surface area is 187 Å². The third kappa shape index (κ3) is 4.69. The number of fused-ring (bicyclic) bond motifs is 1. The summed E-state index contributed by atoms with van der Waals surface area (Å²) in [7, 11) is 0. The number of carbonyl (C=O) groups is 1. The maximum absolute atomic E-state index is 12.9. The monoisotopic (exact) mass is 458 g/mol. The molecule has 0 aliphatic carbocycles. The highest BCUT2D eigenvalue weighted by atomic mass is 16.7. The van der Waals surface area contributed by atoms with Crippen LogP contribution in [0.4, 0.5) is 0 Å². The SMILES string of the molecule is CC(=O)OCC1OC(Oc2ccc3c(=O)c(-c4ccc(O)cc4)coc3c2)C(O)C(O)C1O. The molecule has 0 spiro atoms. The number of esters is 1. The van der Waals surface area contributed by atoms with Crippen LogP contribution in [0.3, 0.4) is 0 Å². The van der Waals surface area contributed by atoms with Crippen LogP contribution in [0.25, 0.3) is 22.1 Å². The number of aromatic hydroxyl groups is 1. The van der Waals surface area contributed by atoms with Gasteiger partial charge < -0.3 is 39.1 Å². The van der Waals surface area contributed by atoms with Crippen molar-refractivity contribution in [3.8, 4) is 22.6 Å². The van der Waals surface area contributed by atoms with Gasteiger partial charge in [-0.05, 0) is 29.8 Å². The van der Waals surface area contributed by atoms with Gasteiger partial charge in [-0.1, -0.05) is 12.1 Å². The van der Waals surface area contributed by atoms with E-state index in [-0.39, 0.29) is 34.5 Å². The summed E-state index contributed by atoms with van der Waals surface area (Å²) in [6.07, 6.45) is -5.90. The summed E-state index contributed by atoms with van der Waals surface area (Å²) in [4.78, 5) is 23.9. The van der Waals surface area contributed by atoms with Gasteiger partial charge in [0, 0.05) is 13.0 Å². The molecule has 0 saturated carbocycles. The van der Waals surface area contributed by atoms with Crippen LogP contribution >= 0.6 is 0 Å². The predicted molar refractivity (Wildman–Crippen MR) is 114 cm³/mol. The summed E-state index contributed by atoms with van der Waals surface area (Å²) in [5.74, 6) is -0.354. The van der Waals surface area contributed by atoms with Crippen molar-refractivity contribution < 1.29 is 43.8 Å². The molecule has 5 atom stereocenters.